The second kappa shape index (κ2) is 11.9. The molecule has 1 saturated carbocycles. The highest BCUT2D eigenvalue weighted by Gasteiger charge is 2.19. The lowest BCUT2D eigenvalue weighted by atomic mass is 9.89. The number of amides is 1. The number of rotatable bonds is 10. The van der Waals surface area contributed by atoms with Gasteiger partial charge in [-0.2, -0.15) is 0 Å². The fourth-order valence-corrected chi connectivity index (χ4v) is 5.14. The molecule has 3 aromatic rings. The lowest BCUT2D eigenvalue weighted by Crippen LogP contribution is -2.31. The summed E-state index contributed by atoms with van der Waals surface area (Å²) in [4.78, 5) is 12.5. The quantitative estimate of drug-likeness (QED) is 0.428. The van der Waals surface area contributed by atoms with E-state index in [1.807, 2.05) is 30.3 Å². The number of benzene rings is 2. The van der Waals surface area contributed by atoms with E-state index in [4.69, 9.17) is 4.74 Å². The summed E-state index contributed by atoms with van der Waals surface area (Å²) in [5.74, 6) is 2.53. The topological polar surface area (TPSA) is 69.0 Å². The van der Waals surface area contributed by atoms with Gasteiger partial charge >= 0.3 is 0 Å². The summed E-state index contributed by atoms with van der Waals surface area (Å²) < 4.78 is 7.66. The molecule has 1 N–H and O–H groups in total. The number of ether oxygens (including phenoxy) is 1. The molecular formula is C26H32N4O2S. The Hall–Kier alpha value is -2.80. The molecule has 6 nitrogen and oxygen atoms in total. The number of nitrogens with zero attached hydrogens (tertiary/aromatic N) is 3. The minimum Gasteiger partial charge on any atom is -0.496 e. The van der Waals surface area contributed by atoms with Gasteiger partial charge in [-0.1, -0.05) is 73.5 Å². The molecule has 2 aromatic carbocycles. The summed E-state index contributed by atoms with van der Waals surface area (Å²) in [5.41, 5.74) is 2.15. The van der Waals surface area contributed by atoms with Gasteiger partial charge in [0.1, 0.15) is 5.75 Å². The molecule has 0 aliphatic heterocycles. The zero-order chi connectivity index (χ0) is 22.9. The van der Waals surface area contributed by atoms with Crippen LogP contribution in [0.5, 0.6) is 5.75 Å². The van der Waals surface area contributed by atoms with E-state index >= 15 is 0 Å². The number of carbonyl (C=O) groups excluding carboxylic acids is 1. The van der Waals surface area contributed by atoms with Crippen molar-refractivity contribution in [1.29, 1.82) is 0 Å². The van der Waals surface area contributed by atoms with Crippen LogP contribution in [0, 0.1) is 5.92 Å². The molecule has 1 aromatic heterocycles. The lowest BCUT2D eigenvalue weighted by Gasteiger charge is -2.21. The van der Waals surface area contributed by atoms with Crippen LogP contribution in [0.2, 0.25) is 0 Å². The van der Waals surface area contributed by atoms with Crippen LogP contribution in [0.1, 0.15) is 37.7 Å². The summed E-state index contributed by atoms with van der Waals surface area (Å²) in [5, 5.41) is 12.8. The summed E-state index contributed by atoms with van der Waals surface area (Å²) in [6.45, 7) is 1.50. The van der Waals surface area contributed by atoms with Crippen molar-refractivity contribution >= 4 is 17.7 Å². The molecule has 0 radical (unpaired) electrons. The van der Waals surface area contributed by atoms with Gasteiger partial charge in [0, 0.05) is 13.1 Å². The third kappa shape index (κ3) is 6.38. The number of hydrogen-bond acceptors (Lipinski definition) is 5. The van der Waals surface area contributed by atoms with Crippen LogP contribution in [0.25, 0.3) is 11.4 Å². The maximum absolute atomic E-state index is 12.5. The molecule has 0 spiro atoms. The van der Waals surface area contributed by atoms with Gasteiger partial charge < -0.3 is 14.6 Å². The molecule has 174 valence electrons. The normalized spacial score (nSPS) is 14.2. The molecule has 0 saturated heterocycles. The standard InChI is InChI=1S/C26H32N4O2S/c1-32-23-15-9-8-14-22(23)25-28-29-26(30(25)17-16-20-10-4-2-5-11-20)33-19-24(31)27-18-21-12-6-3-7-13-21/h2,4-5,8-11,14-15,21H,3,6-7,12-13,16-19H2,1H3,(H,27,31). The summed E-state index contributed by atoms with van der Waals surface area (Å²) in [6, 6.07) is 18.2. The van der Waals surface area contributed by atoms with Crippen molar-refractivity contribution in [3.8, 4) is 17.1 Å². The zero-order valence-electron chi connectivity index (χ0n) is 19.2. The number of aryl methyl sites for hydroxylation is 1. The number of para-hydroxylation sites is 1. The summed E-state index contributed by atoms with van der Waals surface area (Å²) in [6.07, 6.45) is 7.19. The van der Waals surface area contributed by atoms with Crippen LogP contribution >= 0.6 is 11.8 Å². The Labute approximate surface area is 200 Å². The summed E-state index contributed by atoms with van der Waals surface area (Å²) >= 11 is 1.44. The third-order valence-corrected chi connectivity index (χ3v) is 7.14. The van der Waals surface area contributed by atoms with Crippen molar-refractivity contribution in [3.63, 3.8) is 0 Å². The Morgan fingerprint density at radius 1 is 1.06 bits per heavy atom. The molecule has 1 aliphatic rings. The van der Waals surface area contributed by atoms with E-state index in [9.17, 15) is 4.79 Å². The first-order chi connectivity index (χ1) is 16.2. The third-order valence-electron chi connectivity index (χ3n) is 6.18. The first-order valence-corrected chi connectivity index (χ1v) is 12.7. The average molecular weight is 465 g/mol. The number of hydrogen-bond donors (Lipinski definition) is 1. The van der Waals surface area contributed by atoms with E-state index in [0.717, 1.165) is 41.8 Å². The van der Waals surface area contributed by atoms with Gasteiger partial charge in [-0.3, -0.25) is 4.79 Å². The molecule has 7 heteroatoms. The van der Waals surface area contributed by atoms with Crippen molar-refractivity contribution in [1.82, 2.24) is 20.1 Å². The van der Waals surface area contributed by atoms with Gasteiger partial charge in [-0.05, 0) is 42.9 Å². The molecular weight excluding hydrogens is 432 g/mol. The van der Waals surface area contributed by atoms with Crippen molar-refractivity contribution in [2.24, 2.45) is 5.92 Å². The largest absolute Gasteiger partial charge is 0.496 e. The van der Waals surface area contributed by atoms with E-state index < -0.39 is 0 Å². The smallest absolute Gasteiger partial charge is 0.230 e. The van der Waals surface area contributed by atoms with Crippen molar-refractivity contribution < 1.29 is 9.53 Å². The average Bonchev–Trinajstić information content (AvgIpc) is 3.28. The van der Waals surface area contributed by atoms with E-state index in [1.165, 1.54) is 49.4 Å². The van der Waals surface area contributed by atoms with Gasteiger partial charge in [-0.25, -0.2) is 0 Å². The Kier molecular flexibility index (Phi) is 8.41. The fraction of sp³-hybridized carbons (Fsp3) is 0.423. The number of thioether (sulfide) groups is 1. The van der Waals surface area contributed by atoms with Crippen LogP contribution in [0.15, 0.2) is 59.8 Å². The van der Waals surface area contributed by atoms with Crippen LogP contribution in [-0.2, 0) is 17.8 Å². The highest BCUT2D eigenvalue weighted by Crippen LogP contribution is 2.31. The van der Waals surface area contributed by atoms with Gasteiger partial charge in [-0.15, -0.1) is 10.2 Å². The first kappa shape index (κ1) is 23.4. The monoisotopic (exact) mass is 464 g/mol. The maximum atomic E-state index is 12.5. The van der Waals surface area contributed by atoms with E-state index in [0.29, 0.717) is 11.7 Å². The second-order valence-electron chi connectivity index (χ2n) is 8.49. The molecule has 0 atom stereocenters. The van der Waals surface area contributed by atoms with Crippen molar-refractivity contribution in [2.45, 2.75) is 50.2 Å². The molecule has 1 fully saturated rings. The molecule has 1 aliphatic carbocycles. The molecule has 0 unspecified atom stereocenters. The Balaban J connectivity index is 1.46. The Morgan fingerprint density at radius 2 is 1.82 bits per heavy atom. The molecule has 33 heavy (non-hydrogen) atoms. The van der Waals surface area contributed by atoms with Crippen LogP contribution in [-0.4, -0.2) is 40.1 Å². The van der Waals surface area contributed by atoms with E-state index in [1.54, 1.807) is 7.11 Å². The predicted octanol–water partition coefficient (Wildman–Crippen LogP) is 4.99. The summed E-state index contributed by atoms with van der Waals surface area (Å²) in [7, 11) is 1.66. The van der Waals surface area contributed by atoms with E-state index in [2.05, 4.69) is 44.3 Å². The predicted molar refractivity (Wildman–Crippen MR) is 132 cm³/mol. The number of carbonyl (C=O) groups is 1. The molecule has 4 rings (SSSR count). The van der Waals surface area contributed by atoms with Crippen LogP contribution in [0.4, 0.5) is 0 Å². The van der Waals surface area contributed by atoms with Gasteiger partial charge in [0.25, 0.3) is 0 Å². The second-order valence-corrected chi connectivity index (χ2v) is 9.43. The number of methoxy groups -OCH3 is 1. The fourth-order valence-electron chi connectivity index (χ4n) is 4.34. The highest BCUT2D eigenvalue weighted by atomic mass is 32.2. The lowest BCUT2D eigenvalue weighted by molar-refractivity contribution is -0.118. The van der Waals surface area contributed by atoms with Crippen LogP contribution < -0.4 is 10.1 Å². The Morgan fingerprint density at radius 3 is 2.61 bits per heavy atom. The minimum absolute atomic E-state index is 0.0574. The van der Waals surface area contributed by atoms with Crippen molar-refractivity contribution in [2.75, 3.05) is 19.4 Å². The minimum atomic E-state index is 0.0574. The van der Waals surface area contributed by atoms with Gasteiger partial charge in [0.2, 0.25) is 5.91 Å². The SMILES string of the molecule is COc1ccccc1-c1nnc(SCC(=O)NCC2CCCCC2)n1CCc1ccccc1. The maximum Gasteiger partial charge on any atom is 0.230 e. The molecule has 0 bridgehead atoms. The van der Waals surface area contributed by atoms with Gasteiger partial charge in [0.15, 0.2) is 11.0 Å². The Bertz CT molecular complexity index is 1030. The zero-order valence-corrected chi connectivity index (χ0v) is 20.0. The molecule has 1 heterocycles. The number of nitrogens with one attached hydrogen (secondary N) is 1. The molecule has 1 amide bonds. The van der Waals surface area contributed by atoms with Gasteiger partial charge in [0.05, 0.1) is 18.4 Å². The van der Waals surface area contributed by atoms with Crippen molar-refractivity contribution in [3.05, 3.63) is 60.2 Å². The number of aromatic nitrogens is 3. The highest BCUT2D eigenvalue weighted by molar-refractivity contribution is 7.99. The van der Waals surface area contributed by atoms with E-state index in [-0.39, 0.29) is 5.91 Å². The first-order valence-electron chi connectivity index (χ1n) is 11.7. The van der Waals surface area contributed by atoms with Crippen LogP contribution in [0.3, 0.4) is 0 Å².